The number of alkyl halides is 3. The number of fused-ring (bicyclic) bond motifs is 1. The Kier molecular flexibility index (Phi) is 2.74. The molecular weight excluding hydrogens is 267 g/mol. The third kappa shape index (κ3) is 2.03. The van der Waals surface area contributed by atoms with Crippen molar-refractivity contribution in [1.82, 2.24) is 14.5 Å². The minimum atomic E-state index is -4.45. The molecule has 3 nitrogen and oxygen atoms in total. The number of benzene rings is 1. The van der Waals surface area contributed by atoms with Gasteiger partial charge < -0.3 is 4.57 Å². The van der Waals surface area contributed by atoms with Crippen molar-refractivity contribution >= 4 is 11.2 Å². The molecule has 0 amide bonds. The number of pyridine rings is 1. The van der Waals surface area contributed by atoms with Gasteiger partial charge in [0.1, 0.15) is 17.0 Å². The molecule has 0 aliphatic carbocycles. The van der Waals surface area contributed by atoms with E-state index >= 15 is 0 Å². The largest absolute Gasteiger partial charge is 0.433 e. The molecular formula is C14H10F3N3. The number of rotatable bonds is 1. The van der Waals surface area contributed by atoms with Crippen LogP contribution in [-0.2, 0) is 13.2 Å². The normalized spacial score (nSPS) is 12.0. The van der Waals surface area contributed by atoms with E-state index in [1.54, 1.807) is 11.6 Å². The molecule has 20 heavy (non-hydrogen) atoms. The second-order valence-corrected chi connectivity index (χ2v) is 4.40. The molecule has 0 saturated heterocycles. The highest BCUT2D eigenvalue weighted by Crippen LogP contribution is 2.30. The summed E-state index contributed by atoms with van der Waals surface area (Å²) in [7, 11) is 1.66. The predicted molar refractivity (Wildman–Crippen MR) is 68.9 cm³/mol. The number of halogens is 3. The SMILES string of the molecule is Cn1c(-c2ccccc2)nc2ccc(C(F)(F)F)nc21. The summed E-state index contributed by atoms with van der Waals surface area (Å²) in [5.41, 5.74) is 0.590. The summed E-state index contributed by atoms with van der Waals surface area (Å²) in [6.45, 7) is 0. The number of hydrogen-bond acceptors (Lipinski definition) is 2. The monoisotopic (exact) mass is 277 g/mol. The molecule has 2 heterocycles. The molecule has 3 rings (SSSR count). The Morgan fingerprint density at radius 2 is 1.65 bits per heavy atom. The van der Waals surface area contributed by atoms with Crippen LogP contribution in [0.25, 0.3) is 22.6 Å². The summed E-state index contributed by atoms with van der Waals surface area (Å²) in [5, 5.41) is 0. The van der Waals surface area contributed by atoms with Crippen LogP contribution in [0, 0.1) is 0 Å². The predicted octanol–water partition coefficient (Wildman–Crippen LogP) is 3.65. The van der Waals surface area contributed by atoms with Gasteiger partial charge in [0.2, 0.25) is 0 Å². The topological polar surface area (TPSA) is 30.7 Å². The lowest BCUT2D eigenvalue weighted by molar-refractivity contribution is -0.141. The van der Waals surface area contributed by atoms with Crippen LogP contribution in [0.3, 0.4) is 0 Å². The Labute approximate surface area is 112 Å². The average Bonchev–Trinajstić information content (AvgIpc) is 2.76. The van der Waals surface area contributed by atoms with Gasteiger partial charge in [0.15, 0.2) is 5.65 Å². The molecule has 0 bridgehead atoms. The average molecular weight is 277 g/mol. The minimum Gasteiger partial charge on any atom is -0.312 e. The Balaban J connectivity index is 2.21. The van der Waals surface area contributed by atoms with Crippen molar-refractivity contribution in [3.8, 4) is 11.4 Å². The summed E-state index contributed by atoms with van der Waals surface area (Å²) >= 11 is 0. The van der Waals surface area contributed by atoms with Gasteiger partial charge in [0.25, 0.3) is 0 Å². The lowest BCUT2D eigenvalue weighted by Gasteiger charge is -2.05. The molecule has 0 saturated carbocycles. The first-order valence-corrected chi connectivity index (χ1v) is 5.93. The van der Waals surface area contributed by atoms with Gasteiger partial charge in [-0.1, -0.05) is 30.3 Å². The van der Waals surface area contributed by atoms with Crippen LogP contribution in [0.2, 0.25) is 0 Å². The fraction of sp³-hybridized carbons (Fsp3) is 0.143. The van der Waals surface area contributed by atoms with Gasteiger partial charge in [-0.2, -0.15) is 13.2 Å². The van der Waals surface area contributed by atoms with Crippen molar-refractivity contribution in [1.29, 1.82) is 0 Å². The van der Waals surface area contributed by atoms with E-state index in [2.05, 4.69) is 9.97 Å². The molecule has 1 aromatic carbocycles. The minimum absolute atomic E-state index is 0.221. The summed E-state index contributed by atoms with van der Waals surface area (Å²) in [6, 6.07) is 11.6. The molecule has 102 valence electrons. The van der Waals surface area contributed by atoms with Gasteiger partial charge in [-0.15, -0.1) is 0 Å². The highest BCUT2D eigenvalue weighted by Gasteiger charge is 2.33. The first-order chi connectivity index (χ1) is 9.47. The number of imidazole rings is 1. The van der Waals surface area contributed by atoms with Crippen LogP contribution in [0.1, 0.15) is 5.69 Å². The van der Waals surface area contributed by atoms with Gasteiger partial charge in [0, 0.05) is 12.6 Å². The maximum absolute atomic E-state index is 12.7. The van der Waals surface area contributed by atoms with E-state index in [9.17, 15) is 13.2 Å². The molecule has 0 atom stereocenters. The lowest BCUT2D eigenvalue weighted by Crippen LogP contribution is -2.08. The number of nitrogens with zero attached hydrogens (tertiary/aromatic N) is 3. The molecule has 0 unspecified atom stereocenters. The van der Waals surface area contributed by atoms with Gasteiger partial charge in [0.05, 0.1) is 0 Å². The first kappa shape index (κ1) is 12.7. The van der Waals surface area contributed by atoms with E-state index in [1.165, 1.54) is 6.07 Å². The van der Waals surface area contributed by atoms with E-state index in [1.807, 2.05) is 30.3 Å². The van der Waals surface area contributed by atoms with E-state index in [0.717, 1.165) is 11.6 Å². The smallest absolute Gasteiger partial charge is 0.312 e. The second kappa shape index (κ2) is 4.33. The summed E-state index contributed by atoms with van der Waals surface area (Å²) in [4.78, 5) is 8.01. The number of hydrogen-bond donors (Lipinski definition) is 0. The number of aromatic nitrogens is 3. The van der Waals surface area contributed by atoms with Gasteiger partial charge in [-0.3, -0.25) is 0 Å². The van der Waals surface area contributed by atoms with E-state index in [-0.39, 0.29) is 5.65 Å². The molecule has 0 aliphatic rings. The molecule has 0 aliphatic heterocycles. The highest BCUT2D eigenvalue weighted by molar-refractivity contribution is 5.77. The molecule has 0 fully saturated rings. The van der Waals surface area contributed by atoms with E-state index < -0.39 is 11.9 Å². The summed E-state index contributed by atoms with van der Waals surface area (Å²) in [5.74, 6) is 0.590. The van der Waals surface area contributed by atoms with Gasteiger partial charge in [-0.05, 0) is 12.1 Å². The molecule has 3 aromatic rings. The van der Waals surface area contributed by atoms with Crippen LogP contribution in [0.15, 0.2) is 42.5 Å². The third-order valence-corrected chi connectivity index (χ3v) is 3.04. The molecule has 0 spiro atoms. The van der Waals surface area contributed by atoms with Crippen molar-refractivity contribution in [2.45, 2.75) is 6.18 Å². The molecule has 2 aromatic heterocycles. The van der Waals surface area contributed by atoms with Gasteiger partial charge >= 0.3 is 6.18 Å². The fourth-order valence-electron chi connectivity index (χ4n) is 2.07. The van der Waals surface area contributed by atoms with Crippen LogP contribution in [-0.4, -0.2) is 14.5 Å². The van der Waals surface area contributed by atoms with Crippen molar-refractivity contribution < 1.29 is 13.2 Å². The molecule has 0 radical (unpaired) electrons. The Morgan fingerprint density at radius 1 is 0.950 bits per heavy atom. The Morgan fingerprint density at radius 3 is 2.30 bits per heavy atom. The van der Waals surface area contributed by atoms with Crippen LogP contribution in [0.5, 0.6) is 0 Å². The van der Waals surface area contributed by atoms with Crippen LogP contribution < -0.4 is 0 Å². The quantitative estimate of drug-likeness (QED) is 0.679. The van der Waals surface area contributed by atoms with Crippen molar-refractivity contribution in [2.24, 2.45) is 7.05 Å². The molecule has 0 N–H and O–H groups in total. The van der Waals surface area contributed by atoms with Crippen molar-refractivity contribution in [2.75, 3.05) is 0 Å². The maximum atomic E-state index is 12.7. The van der Waals surface area contributed by atoms with E-state index in [4.69, 9.17) is 0 Å². The maximum Gasteiger partial charge on any atom is 0.433 e. The lowest BCUT2D eigenvalue weighted by atomic mass is 10.2. The number of aryl methyl sites for hydroxylation is 1. The van der Waals surface area contributed by atoms with Crippen LogP contribution in [0.4, 0.5) is 13.2 Å². The molecule has 6 heteroatoms. The van der Waals surface area contributed by atoms with E-state index in [0.29, 0.717) is 11.3 Å². The second-order valence-electron chi connectivity index (χ2n) is 4.40. The zero-order chi connectivity index (χ0) is 14.3. The standard InChI is InChI=1S/C14H10F3N3/c1-20-12(9-5-3-2-4-6-9)18-10-7-8-11(14(15,16)17)19-13(10)20/h2-8H,1H3. The fourth-order valence-corrected chi connectivity index (χ4v) is 2.07. The van der Waals surface area contributed by atoms with Crippen molar-refractivity contribution in [3.63, 3.8) is 0 Å². The summed E-state index contributed by atoms with van der Waals surface area (Å²) in [6.07, 6.45) is -4.45. The zero-order valence-corrected chi connectivity index (χ0v) is 10.5. The Bertz CT molecular complexity index is 760. The first-order valence-electron chi connectivity index (χ1n) is 5.93. The summed E-state index contributed by atoms with van der Waals surface area (Å²) < 4.78 is 39.6. The van der Waals surface area contributed by atoms with Crippen LogP contribution >= 0.6 is 0 Å². The highest BCUT2D eigenvalue weighted by atomic mass is 19.4. The third-order valence-electron chi connectivity index (χ3n) is 3.04. The Hall–Kier alpha value is -2.37. The van der Waals surface area contributed by atoms with Gasteiger partial charge in [-0.25, -0.2) is 9.97 Å². The van der Waals surface area contributed by atoms with Crippen molar-refractivity contribution in [3.05, 3.63) is 48.2 Å². The zero-order valence-electron chi connectivity index (χ0n) is 10.5.